The van der Waals surface area contributed by atoms with Gasteiger partial charge in [-0.25, -0.2) is 0 Å². The number of aliphatic hydroxyl groups excluding tert-OH is 1. The molecule has 0 saturated carbocycles. The van der Waals surface area contributed by atoms with Gasteiger partial charge in [0.15, 0.2) is 0 Å². The van der Waals surface area contributed by atoms with Crippen molar-refractivity contribution >= 4 is 10.9 Å². The number of ether oxygens (including phenoxy) is 1. The highest BCUT2D eigenvalue weighted by molar-refractivity contribution is 5.85. The van der Waals surface area contributed by atoms with Crippen LogP contribution in [0.3, 0.4) is 0 Å². The summed E-state index contributed by atoms with van der Waals surface area (Å²) in [4.78, 5) is 2.45. The van der Waals surface area contributed by atoms with Gasteiger partial charge in [0.25, 0.3) is 0 Å². The maximum atomic E-state index is 9.79. The van der Waals surface area contributed by atoms with E-state index in [9.17, 15) is 5.11 Å². The fourth-order valence-electron chi connectivity index (χ4n) is 5.45. The molecule has 1 aliphatic heterocycles. The molecule has 170 valence electrons. The van der Waals surface area contributed by atoms with E-state index in [0.717, 1.165) is 44.6 Å². The van der Waals surface area contributed by atoms with Crippen molar-refractivity contribution in [3.8, 4) is 5.75 Å². The predicted octanol–water partition coefficient (Wildman–Crippen LogP) is 5.19. The molecule has 0 spiro atoms. The fraction of sp³-hybridized carbons (Fsp3) is 0.500. The number of rotatable bonds is 8. The van der Waals surface area contributed by atoms with Gasteiger partial charge in [-0.15, -0.1) is 0 Å². The Bertz CT molecular complexity index is 1050. The SMILES string of the molecule is CC(C)CCn1cc(CN2CCC[C@H]2CO)c2cc(OC3Cc4ccccc4C3)ccc21. The molecule has 0 unspecified atom stereocenters. The smallest absolute Gasteiger partial charge is 0.120 e. The molecule has 1 saturated heterocycles. The predicted molar refractivity (Wildman–Crippen MR) is 130 cm³/mol. The monoisotopic (exact) mass is 432 g/mol. The number of aryl methyl sites for hydroxylation is 1. The molecule has 1 fully saturated rings. The minimum atomic E-state index is 0.216. The molecule has 3 aromatic rings. The lowest BCUT2D eigenvalue weighted by Crippen LogP contribution is -2.31. The third kappa shape index (κ3) is 4.44. The van der Waals surface area contributed by atoms with E-state index >= 15 is 0 Å². The molecule has 0 radical (unpaired) electrons. The van der Waals surface area contributed by atoms with Gasteiger partial charge in [0, 0.05) is 49.1 Å². The number of hydrogen-bond donors (Lipinski definition) is 1. The van der Waals surface area contributed by atoms with Crippen LogP contribution in [-0.2, 0) is 25.9 Å². The first-order valence-corrected chi connectivity index (χ1v) is 12.3. The van der Waals surface area contributed by atoms with Gasteiger partial charge >= 0.3 is 0 Å². The Kier molecular flexibility index (Phi) is 6.25. The van der Waals surface area contributed by atoms with Crippen LogP contribution in [0, 0.1) is 5.92 Å². The summed E-state index contributed by atoms with van der Waals surface area (Å²) < 4.78 is 8.90. The van der Waals surface area contributed by atoms with Gasteiger partial charge in [-0.1, -0.05) is 38.1 Å². The Balaban J connectivity index is 1.41. The van der Waals surface area contributed by atoms with Gasteiger partial charge in [-0.05, 0) is 66.6 Å². The second-order valence-corrected chi connectivity index (χ2v) is 10.1. The molecule has 0 amide bonds. The topological polar surface area (TPSA) is 37.6 Å². The molecule has 2 aromatic carbocycles. The Morgan fingerprint density at radius 3 is 2.59 bits per heavy atom. The van der Waals surface area contributed by atoms with E-state index in [4.69, 9.17) is 4.74 Å². The number of aromatic nitrogens is 1. The zero-order valence-electron chi connectivity index (χ0n) is 19.5. The van der Waals surface area contributed by atoms with Gasteiger partial charge in [0.2, 0.25) is 0 Å². The van der Waals surface area contributed by atoms with Crippen LogP contribution in [0.15, 0.2) is 48.7 Å². The molecule has 4 nitrogen and oxygen atoms in total. The lowest BCUT2D eigenvalue weighted by Gasteiger charge is -2.22. The second kappa shape index (κ2) is 9.29. The normalized spacial score (nSPS) is 19.3. The van der Waals surface area contributed by atoms with Crippen LogP contribution in [-0.4, -0.2) is 39.9 Å². The van der Waals surface area contributed by atoms with Crippen LogP contribution in [0.2, 0.25) is 0 Å². The number of fused-ring (bicyclic) bond motifs is 2. The summed E-state index contributed by atoms with van der Waals surface area (Å²) in [6, 6.07) is 15.6. The van der Waals surface area contributed by atoms with Crippen molar-refractivity contribution in [2.75, 3.05) is 13.2 Å². The van der Waals surface area contributed by atoms with E-state index in [0.29, 0.717) is 12.0 Å². The number of benzene rings is 2. The maximum absolute atomic E-state index is 9.79. The molecule has 1 aromatic heterocycles. The van der Waals surface area contributed by atoms with Gasteiger partial charge in [-0.2, -0.15) is 0 Å². The standard InChI is InChI=1S/C28H36N2O2/c1-20(2)11-13-30-18-23(17-29-12-5-8-24(29)19-31)27-16-25(9-10-28(27)30)32-26-14-21-6-3-4-7-22(21)15-26/h3-4,6-7,9-10,16,18,20,24,26,31H,5,8,11-15,17,19H2,1-2H3/t24-/m0/s1. The Morgan fingerprint density at radius 1 is 1.09 bits per heavy atom. The van der Waals surface area contributed by atoms with Crippen molar-refractivity contribution in [2.45, 2.75) is 71.2 Å². The number of aliphatic hydroxyl groups is 1. The molecule has 1 aliphatic carbocycles. The summed E-state index contributed by atoms with van der Waals surface area (Å²) >= 11 is 0. The zero-order chi connectivity index (χ0) is 22.1. The molecule has 4 heteroatoms. The highest BCUT2D eigenvalue weighted by Crippen LogP contribution is 2.32. The van der Waals surface area contributed by atoms with Crippen molar-refractivity contribution in [2.24, 2.45) is 5.92 Å². The molecule has 2 heterocycles. The number of hydrogen-bond acceptors (Lipinski definition) is 3. The highest BCUT2D eigenvalue weighted by Gasteiger charge is 2.26. The van der Waals surface area contributed by atoms with E-state index in [-0.39, 0.29) is 12.7 Å². The van der Waals surface area contributed by atoms with Crippen LogP contribution >= 0.6 is 0 Å². The van der Waals surface area contributed by atoms with Crippen LogP contribution in [0.1, 0.15) is 49.8 Å². The summed E-state index contributed by atoms with van der Waals surface area (Å²) in [6.45, 7) is 7.83. The molecule has 32 heavy (non-hydrogen) atoms. The molecular formula is C28H36N2O2. The summed E-state index contributed by atoms with van der Waals surface area (Å²) in [5, 5.41) is 11.1. The van der Waals surface area contributed by atoms with E-state index in [1.807, 2.05) is 0 Å². The van der Waals surface area contributed by atoms with E-state index in [1.54, 1.807) is 0 Å². The van der Waals surface area contributed by atoms with Crippen LogP contribution < -0.4 is 4.74 Å². The zero-order valence-corrected chi connectivity index (χ0v) is 19.5. The molecule has 1 atom stereocenters. The van der Waals surface area contributed by atoms with E-state index in [2.05, 4.69) is 72.0 Å². The third-order valence-corrected chi connectivity index (χ3v) is 7.28. The average Bonchev–Trinajstić information content (AvgIpc) is 3.49. The van der Waals surface area contributed by atoms with Gasteiger partial charge in [-0.3, -0.25) is 4.90 Å². The minimum Gasteiger partial charge on any atom is -0.490 e. The van der Waals surface area contributed by atoms with E-state index in [1.165, 1.54) is 40.4 Å². The Labute approximate surface area is 191 Å². The summed E-state index contributed by atoms with van der Waals surface area (Å²) in [5.41, 5.74) is 5.48. The lowest BCUT2D eigenvalue weighted by atomic mass is 10.1. The Hall–Kier alpha value is -2.30. The molecular weight excluding hydrogens is 396 g/mol. The van der Waals surface area contributed by atoms with Gasteiger partial charge in [0.1, 0.15) is 11.9 Å². The van der Waals surface area contributed by atoms with Crippen molar-refractivity contribution in [1.29, 1.82) is 0 Å². The lowest BCUT2D eigenvalue weighted by molar-refractivity contribution is 0.154. The maximum Gasteiger partial charge on any atom is 0.120 e. The van der Waals surface area contributed by atoms with Crippen LogP contribution in [0.5, 0.6) is 5.75 Å². The first kappa shape index (κ1) is 21.5. The molecule has 2 aliphatic rings. The van der Waals surface area contributed by atoms with Crippen molar-refractivity contribution in [3.63, 3.8) is 0 Å². The second-order valence-electron chi connectivity index (χ2n) is 10.1. The summed E-state index contributed by atoms with van der Waals surface area (Å²) in [5.74, 6) is 1.65. The van der Waals surface area contributed by atoms with Gasteiger partial charge < -0.3 is 14.4 Å². The van der Waals surface area contributed by atoms with Crippen molar-refractivity contribution < 1.29 is 9.84 Å². The quantitative estimate of drug-likeness (QED) is 0.532. The average molecular weight is 433 g/mol. The molecule has 1 N–H and O–H groups in total. The van der Waals surface area contributed by atoms with Crippen LogP contribution in [0.4, 0.5) is 0 Å². The Morgan fingerprint density at radius 2 is 1.88 bits per heavy atom. The largest absolute Gasteiger partial charge is 0.490 e. The highest BCUT2D eigenvalue weighted by atomic mass is 16.5. The van der Waals surface area contributed by atoms with E-state index < -0.39 is 0 Å². The van der Waals surface area contributed by atoms with Crippen molar-refractivity contribution in [1.82, 2.24) is 9.47 Å². The minimum absolute atomic E-state index is 0.216. The molecule has 0 bridgehead atoms. The van der Waals surface area contributed by atoms with Crippen molar-refractivity contribution in [3.05, 3.63) is 65.4 Å². The van der Waals surface area contributed by atoms with Gasteiger partial charge in [0.05, 0.1) is 6.61 Å². The third-order valence-electron chi connectivity index (χ3n) is 7.28. The number of likely N-dealkylation sites (tertiary alicyclic amines) is 1. The summed E-state index contributed by atoms with van der Waals surface area (Å²) in [7, 11) is 0. The first-order chi connectivity index (χ1) is 15.6. The van der Waals surface area contributed by atoms with Crippen LogP contribution in [0.25, 0.3) is 10.9 Å². The summed E-state index contributed by atoms with van der Waals surface area (Å²) in [6.07, 6.45) is 7.98. The number of nitrogens with zero attached hydrogens (tertiary/aromatic N) is 2. The molecule has 5 rings (SSSR count). The fourth-order valence-corrected chi connectivity index (χ4v) is 5.45. The first-order valence-electron chi connectivity index (χ1n) is 12.3.